The number of aliphatic imine (C=N–C) groups is 1. The highest BCUT2D eigenvalue weighted by Gasteiger charge is 2.13. The first-order valence-corrected chi connectivity index (χ1v) is 7.72. The maximum absolute atomic E-state index is 11.7. The molecular weight excluding hydrogens is 379 g/mol. The molecule has 0 saturated carbocycles. The fraction of sp³-hybridized carbons (Fsp3) is 0.867. The van der Waals surface area contributed by atoms with E-state index in [0.717, 1.165) is 19.5 Å². The summed E-state index contributed by atoms with van der Waals surface area (Å²) in [4.78, 5) is 16.0. The van der Waals surface area contributed by atoms with Gasteiger partial charge in [-0.15, -0.1) is 24.0 Å². The highest BCUT2D eigenvalue weighted by molar-refractivity contribution is 14.0. The first-order valence-electron chi connectivity index (χ1n) is 7.72. The van der Waals surface area contributed by atoms with Gasteiger partial charge in [-0.3, -0.25) is 4.79 Å². The van der Waals surface area contributed by atoms with Crippen LogP contribution in [0.15, 0.2) is 4.99 Å². The van der Waals surface area contributed by atoms with Crippen LogP contribution in [0, 0.1) is 0 Å². The molecule has 5 nitrogen and oxygen atoms in total. The normalized spacial score (nSPS) is 11.6. The molecule has 6 heteroatoms. The Bertz CT molecular complexity index is 301. The Balaban J connectivity index is 0. The van der Waals surface area contributed by atoms with Gasteiger partial charge in [-0.1, -0.05) is 26.2 Å². The molecular formula is C15H33IN4O. The van der Waals surface area contributed by atoms with Gasteiger partial charge in [-0.25, -0.2) is 4.99 Å². The van der Waals surface area contributed by atoms with Gasteiger partial charge in [0.2, 0.25) is 5.91 Å². The van der Waals surface area contributed by atoms with Gasteiger partial charge in [0.1, 0.15) is 6.54 Å². The van der Waals surface area contributed by atoms with E-state index in [-0.39, 0.29) is 42.0 Å². The van der Waals surface area contributed by atoms with Crippen molar-refractivity contribution in [3.05, 3.63) is 0 Å². The second-order valence-electron chi connectivity index (χ2n) is 5.98. The van der Waals surface area contributed by atoms with E-state index < -0.39 is 0 Å². The Labute approximate surface area is 147 Å². The highest BCUT2D eigenvalue weighted by Crippen LogP contribution is 1.98. The minimum absolute atomic E-state index is 0. The molecule has 0 unspecified atom stereocenters. The summed E-state index contributed by atoms with van der Waals surface area (Å²) in [6.45, 7) is 12.0. The molecule has 0 aliphatic heterocycles. The van der Waals surface area contributed by atoms with E-state index >= 15 is 0 Å². The van der Waals surface area contributed by atoms with Crippen molar-refractivity contribution in [1.29, 1.82) is 0 Å². The van der Waals surface area contributed by atoms with E-state index in [2.05, 4.69) is 27.9 Å². The second kappa shape index (κ2) is 13.2. The molecule has 1 amide bonds. The number of halogens is 1. The van der Waals surface area contributed by atoms with E-state index in [4.69, 9.17) is 0 Å². The molecule has 0 radical (unpaired) electrons. The lowest BCUT2D eigenvalue weighted by molar-refractivity contribution is -0.121. The Morgan fingerprint density at radius 2 is 1.71 bits per heavy atom. The van der Waals surface area contributed by atoms with Crippen molar-refractivity contribution in [2.24, 2.45) is 4.99 Å². The van der Waals surface area contributed by atoms with Crippen molar-refractivity contribution in [1.82, 2.24) is 16.0 Å². The number of nitrogens with one attached hydrogen (secondary N) is 3. The Morgan fingerprint density at radius 3 is 2.24 bits per heavy atom. The lowest BCUT2D eigenvalue weighted by Crippen LogP contribution is -2.43. The van der Waals surface area contributed by atoms with Crippen LogP contribution in [0.5, 0.6) is 0 Å². The van der Waals surface area contributed by atoms with Gasteiger partial charge < -0.3 is 16.0 Å². The van der Waals surface area contributed by atoms with Crippen LogP contribution >= 0.6 is 24.0 Å². The number of nitrogens with zero attached hydrogens (tertiary/aromatic N) is 1. The van der Waals surface area contributed by atoms with Gasteiger partial charge in [0.25, 0.3) is 0 Å². The lowest BCUT2D eigenvalue weighted by Gasteiger charge is -2.20. The van der Waals surface area contributed by atoms with Crippen molar-refractivity contribution in [3.8, 4) is 0 Å². The van der Waals surface area contributed by atoms with E-state index in [1.807, 2.05) is 27.7 Å². The van der Waals surface area contributed by atoms with Gasteiger partial charge in [0.15, 0.2) is 5.96 Å². The summed E-state index contributed by atoms with van der Waals surface area (Å²) in [5.41, 5.74) is -0.210. The second-order valence-corrected chi connectivity index (χ2v) is 5.98. The third-order valence-corrected chi connectivity index (χ3v) is 2.56. The van der Waals surface area contributed by atoms with Crippen LogP contribution in [-0.4, -0.2) is 37.0 Å². The monoisotopic (exact) mass is 412 g/mol. The average molecular weight is 412 g/mol. The minimum atomic E-state index is -0.210. The van der Waals surface area contributed by atoms with Crippen LogP contribution in [0.3, 0.4) is 0 Å². The molecule has 3 N–H and O–H groups in total. The molecule has 0 atom stereocenters. The molecule has 21 heavy (non-hydrogen) atoms. The number of unbranched alkanes of at least 4 members (excludes halogenated alkanes) is 3. The van der Waals surface area contributed by atoms with Gasteiger partial charge in [-0.05, 0) is 34.1 Å². The Kier molecular flexibility index (Phi) is 14.2. The van der Waals surface area contributed by atoms with Gasteiger partial charge in [-0.2, -0.15) is 0 Å². The van der Waals surface area contributed by atoms with Gasteiger partial charge in [0.05, 0.1) is 0 Å². The molecule has 0 saturated heterocycles. The summed E-state index contributed by atoms with van der Waals surface area (Å²) in [5.74, 6) is 0.661. The zero-order valence-electron chi connectivity index (χ0n) is 14.2. The quantitative estimate of drug-likeness (QED) is 0.249. The Morgan fingerprint density at radius 1 is 1.05 bits per heavy atom. The molecule has 126 valence electrons. The largest absolute Gasteiger partial charge is 0.357 e. The summed E-state index contributed by atoms with van der Waals surface area (Å²) >= 11 is 0. The third-order valence-electron chi connectivity index (χ3n) is 2.56. The van der Waals surface area contributed by atoms with Crippen molar-refractivity contribution in [2.75, 3.05) is 19.6 Å². The molecule has 0 fully saturated rings. The minimum Gasteiger partial charge on any atom is -0.357 e. The lowest BCUT2D eigenvalue weighted by atomic mass is 10.1. The first kappa shape index (κ1) is 22.7. The van der Waals surface area contributed by atoms with Crippen molar-refractivity contribution >= 4 is 35.8 Å². The molecule has 0 aliphatic rings. The first-order chi connectivity index (χ1) is 9.39. The fourth-order valence-electron chi connectivity index (χ4n) is 1.71. The molecule has 0 aromatic rings. The van der Waals surface area contributed by atoms with Crippen LogP contribution in [0.2, 0.25) is 0 Å². The third kappa shape index (κ3) is 15.7. The van der Waals surface area contributed by atoms with Crippen LogP contribution in [0.25, 0.3) is 0 Å². The number of carbonyl (C=O) groups excluding carboxylic acids is 1. The molecule has 0 spiro atoms. The predicted octanol–water partition coefficient (Wildman–Crippen LogP) is 2.65. The predicted molar refractivity (Wildman–Crippen MR) is 101 cm³/mol. The number of carbonyl (C=O) groups is 1. The fourth-order valence-corrected chi connectivity index (χ4v) is 1.71. The molecule has 0 bridgehead atoms. The standard InChI is InChI=1S/C15H32N4O.HI/c1-6-8-9-10-11-17-14(16-7-2)18-12-13(20)19-15(3,4)5;/h6-12H2,1-5H3,(H,19,20)(H2,16,17,18);1H. The number of amides is 1. The highest BCUT2D eigenvalue weighted by atomic mass is 127. The van der Waals surface area contributed by atoms with Gasteiger partial charge in [0, 0.05) is 18.6 Å². The SMILES string of the molecule is CCCCCCNC(=NCC(=O)NC(C)(C)C)NCC.I. The van der Waals surface area contributed by atoms with E-state index in [1.54, 1.807) is 0 Å². The van der Waals surface area contributed by atoms with E-state index in [1.165, 1.54) is 19.3 Å². The van der Waals surface area contributed by atoms with E-state index in [9.17, 15) is 4.79 Å². The molecule has 0 aromatic heterocycles. The summed E-state index contributed by atoms with van der Waals surface area (Å²) in [6, 6.07) is 0. The zero-order chi connectivity index (χ0) is 15.4. The topological polar surface area (TPSA) is 65.5 Å². The molecule has 0 aromatic carbocycles. The van der Waals surface area contributed by atoms with Crippen molar-refractivity contribution in [3.63, 3.8) is 0 Å². The maximum Gasteiger partial charge on any atom is 0.242 e. The van der Waals surface area contributed by atoms with Gasteiger partial charge >= 0.3 is 0 Å². The average Bonchev–Trinajstić information content (AvgIpc) is 2.33. The molecule has 0 rings (SSSR count). The number of guanidine groups is 1. The number of hydrogen-bond acceptors (Lipinski definition) is 2. The summed E-state index contributed by atoms with van der Waals surface area (Å²) < 4.78 is 0. The number of rotatable bonds is 8. The summed E-state index contributed by atoms with van der Waals surface area (Å²) in [6.07, 6.45) is 4.87. The molecule has 0 heterocycles. The number of hydrogen-bond donors (Lipinski definition) is 3. The van der Waals surface area contributed by atoms with E-state index in [0.29, 0.717) is 5.96 Å². The smallest absolute Gasteiger partial charge is 0.242 e. The zero-order valence-corrected chi connectivity index (χ0v) is 16.5. The van der Waals surface area contributed by atoms with Crippen molar-refractivity contribution < 1.29 is 4.79 Å². The van der Waals surface area contributed by atoms with Crippen LogP contribution in [0.4, 0.5) is 0 Å². The van der Waals surface area contributed by atoms with Crippen molar-refractivity contribution in [2.45, 2.75) is 65.8 Å². The van der Waals surface area contributed by atoms with Crippen LogP contribution < -0.4 is 16.0 Å². The summed E-state index contributed by atoms with van der Waals surface area (Å²) in [7, 11) is 0. The molecule has 0 aliphatic carbocycles. The van der Waals surface area contributed by atoms with Crippen LogP contribution in [0.1, 0.15) is 60.3 Å². The van der Waals surface area contributed by atoms with Crippen LogP contribution in [-0.2, 0) is 4.79 Å². The maximum atomic E-state index is 11.7. The summed E-state index contributed by atoms with van der Waals surface area (Å²) in [5, 5.41) is 9.31. The Hall–Kier alpha value is -0.530.